The van der Waals surface area contributed by atoms with Crippen molar-refractivity contribution in [1.82, 2.24) is 5.32 Å². The van der Waals surface area contributed by atoms with Crippen LogP contribution in [-0.2, 0) is 9.59 Å². The van der Waals surface area contributed by atoms with Gasteiger partial charge in [-0.05, 0) is 42.8 Å². The van der Waals surface area contributed by atoms with Gasteiger partial charge in [-0.15, -0.1) is 0 Å². The van der Waals surface area contributed by atoms with Crippen molar-refractivity contribution in [1.29, 1.82) is 5.26 Å². The number of nitrogens with zero attached hydrogens (tertiary/aromatic N) is 1. The second kappa shape index (κ2) is 10.6. The van der Waals surface area contributed by atoms with Crippen molar-refractivity contribution in [2.45, 2.75) is 19.3 Å². The number of halogens is 2. The van der Waals surface area contributed by atoms with E-state index in [1.807, 2.05) is 31.2 Å². The third kappa shape index (κ3) is 5.95. The fourth-order valence-electron chi connectivity index (χ4n) is 3.09. The third-order valence-electron chi connectivity index (χ3n) is 4.50. The highest BCUT2D eigenvalue weighted by molar-refractivity contribution is 8.03. The zero-order chi connectivity index (χ0) is 22.4. The van der Waals surface area contributed by atoms with Crippen molar-refractivity contribution in [3.05, 3.63) is 68.7 Å². The van der Waals surface area contributed by atoms with Crippen molar-refractivity contribution in [2.75, 3.05) is 17.7 Å². The molecule has 1 aliphatic rings. The van der Waals surface area contributed by atoms with Gasteiger partial charge in [0.15, 0.2) is 0 Å². The third-order valence-corrected chi connectivity index (χ3v) is 6.26. The number of hydrogen-bond acceptors (Lipinski definition) is 5. The zero-order valence-electron chi connectivity index (χ0n) is 16.6. The van der Waals surface area contributed by atoms with E-state index in [0.717, 1.165) is 23.1 Å². The molecule has 31 heavy (non-hydrogen) atoms. The van der Waals surface area contributed by atoms with E-state index in [9.17, 15) is 14.9 Å². The van der Waals surface area contributed by atoms with E-state index in [1.54, 1.807) is 18.2 Å². The Hall–Kier alpha value is -2.66. The lowest BCUT2D eigenvalue weighted by Crippen LogP contribution is -2.31. The van der Waals surface area contributed by atoms with E-state index in [-0.39, 0.29) is 29.9 Å². The Kier molecular flexibility index (Phi) is 7.85. The van der Waals surface area contributed by atoms with E-state index in [0.29, 0.717) is 32.9 Å². The highest BCUT2D eigenvalue weighted by atomic mass is 35.5. The summed E-state index contributed by atoms with van der Waals surface area (Å²) in [6, 6.07) is 14.3. The number of allylic oxidation sites excluding steroid dienone is 1. The van der Waals surface area contributed by atoms with Gasteiger partial charge < -0.3 is 15.4 Å². The number of nitrogens with one attached hydrogen (secondary N) is 2. The maximum Gasteiger partial charge on any atom is 0.234 e. The first kappa shape index (κ1) is 23.0. The fraction of sp³-hybridized carbons (Fsp3) is 0.227. The molecule has 0 fully saturated rings. The molecule has 0 aromatic heterocycles. The number of amides is 2. The van der Waals surface area contributed by atoms with Crippen LogP contribution in [0.5, 0.6) is 5.75 Å². The van der Waals surface area contributed by atoms with Gasteiger partial charge in [0.2, 0.25) is 11.8 Å². The molecular formula is C22H19Cl2N3O3S. The lowest BCUT2D eigenvalue weighted by Gasteiger charge is -2.25. The number of nitriles is 1. The Labute approximate surface area is 194 Å². The number of benzene rings is 2. The highest BCUT2D eigenvalue weighted by Crippen LogP contribution is 2.36. The minimum absolute atomic E-state index is 0.0109. The van der Waals surface area contributed by atoms with Gasteiger partial charge in [-0.2, -0.15) is 5.26 Å². The van der Waals surface area contributed by atoms with Crippen LogP contribution in [0.1, 0.15) is 24.8 Å². The van der Waals surface area contributed by atoms with Crippen molar-refractivity contribution < 1.29 is 14.3 Å². The summed E-state index contributed by atoms with van der Waals surface area (Å²) in [5.74, 6) is -0.148. The van der Waals surface area contributed by atoms with Crippen LogP contribution in [0.15, 0.2) is 53.1 Å². The number of thioether (sulfide) groups is 1. The van der Waals surface area contributed by atoms with Crippen LogP contribution in [0.2, 0.25) is 10.0 Å². The minimum Gasteiger partial charge on any atom is -0.494 e. The summed E-state index contributed by atoms with van der Waals surface area (Å²) < 4.78 is 5.45. The second-order valence-corrected chi connectivity index (χ2v) is 8.43. The van der Waals surface area contributed by atoms with Crippen molar-refractivity contribution >= 4 is 52.5 Å². The number of rotatable bonds is 7. The molecule has 2 N–H and O–H groups in total. The Balaban J connectivity index is 1.73. The molecule has 9 heteroatoms. The molecule has 2 aromatic rings. The maximum atomic E-state index is 12.3. The molecule has 6 nitrogen and oxygen atoms in total. The van der Waals surface area contributed by atoms with E-state index in [4.69, 9.17) is 27.9 Å². The molecule has 2 amide bonds. The molecule has 0 radical (unpaired) electrons. The quantitative estimate of drug-likeness (QED) is 0.580. The van der Waals surface area contributed by atoms with Gasteiger partial charge >= 0.3 is 0 Å². The van der Waals surface area contributed by atoms with Gasteiger partial charge in [0, 0.05) is 18.0 Å². The molecule has 2 aromatic carbocycles. The monoisotopic (exact) mass is 475 g/mol. The summed E-state index contributed by atoms with van der Waals surface area (Å²) in [6.07, 6.45) is 0.163. The van der Waals surface area contributed by atoms with Crippen molar-refractivity contribution in [3.63, 3.8) is 0 Å². The zero-order valence-corrected chi connectivity index (χ0v) is 18.9. The summed E-state index contributed by atoms with van der Waals surface area (Å²) in [6.45, 7) is 2.46. The number of carbonyl (C=O) groups excluding carboxylic acids is 2. The van der Waals surface area contributed by atoms with Crippen LogP contribution >= 0.6 is 35.0 Å². The maximum absolute atomic E-state index is 12.3. The van der Waals surface area contributed by atoms with Gasteiger partial charge in [0.05, 0.1) is 39.1 Å². The van der Waals surface area contributed by atoms with Crippen LogP contribution < -0.4 is 15.4 Å². The normalized spacial score (nSPS) is 15.8. The summed E-state index contributed by atoms with van der Waals surface area (Å²) in [7, 11) is 0. The van der Waals surface area contributed by atoms with Crippen LogP contribution in [0.25, 0.3) is 0 Å². The molecule has 0 bridgehead atoms. The molecule has 3 rings (SSSR count). The fourth-order valence-corrected chi connectivity index (χ4v) is 4.26. The van der Waals surface area contributed by atoms with Gasteiger partial charge in [0.25, 0.3) is 0 Å². The highest BCUT2D eigenvalue weighted by Gasteiger charge is 2.30. The Morgan fingerprint density at radius 2 is 2.00 bits per heavy atom. The van der Waals surface area contributed by atoms with Crippen LogP contribution in [0, 0.1) is 11.3 Å². The Morgan fingerprint density at radius 3 is 2.65 bits per heavy atom. The standard InChI is InChI=1S/C22H19Cl2N3O3S/c1-2-30-15-6-3-13(4-7-15)16-10-20(28)27-22(17(16)11-25)31-12-21(29)26-14-5-8-18(23)19(24)9-14/h3-9,16H,2,10,12H2,1H3,(H,26,29)(H,27,28)/t16-/m0/s1. The van der Waals surface area contributed by atoms with E-state index >= 15 is 0 Å². The topological polar surface area (TPSA) is 91.2 Å². The predicted molar refractivity (Wildman–Crippen MR) is 123 cm³/mol. The first-order valence-electron chi connectivity index (χ1n) is 9.45. The van der Waals surface area contributed by atoms with E-state index < -0.39 is 0 Å². The molecule has 0 spiro atoms. The molecule has 160 valence electrons. The average Bonchev–Trinajstić information content (AvgIpc) is 2.75. The predicted octanol–water partition coefficient (Wildman–Crippen LogP) is 5.10. The van der Waals surface area contributed by atoms with Crippen LogP contribution in [0.4, 0.5) is 5.69 Å². The largest absolute Gasteiger partial charge is 0.494 e. The van der Waals surface area contributed by atoms with Crippen molar-refractivity contribution in [2.24, 2.45) is 0 Å². The van der Waals surface area contributed by atoms with E-state index in [2.05, 4.69) is 16.7 Å². The van der Waals surface area contributed by atoms with Gasteiger partial charge in [-0.25, -0.2) is 0 Å². The van der Waals surface area contributed by atoms with Gasteiger partial charge in [-0.3, -0.25) is 9.59 Å². The average molecular weight is 476 g/mol. The Morgan fingerprint density at radius 1 is 1.26 bits per heavy atom. The van der Waals surface area contributed by atoms with Gasteiger partial charge in [-0.1, -0.05) is 47.1 Å². The smallest absolute Gasteiger partial charge is 0.234 e. The van der Waals surface area contributed by atoms with E-state index in [1.165, 1.54) is 0 Å². The first-order chi connectivity index (χ1) is 14.9. The minimum atomic E-state index is -0.380. The Bertz CT molecular complexity index is 1060. The summed E-state index contributed by atoms with van der Waals surface area (Å²) in [4.78, 5) is 24.6. The molecule has 0 aliphatic carbocycles. The number of anilines is 1. The SMILES string of the molecule is CCOc1ccc([C@@H]2CC(=O)NC(SCC(=O)Nc3ccc(Cl)c(Cl)c3)=C2C#N)cc1. The summed E-state index contributed by atoms with van der Waals surface area (Å²) in [5.41, 5.74) is 1.78. The second-order valence-electron chi connectivity index (χ2n) is 6.63. The first-order valence-corrected chi connectivity index (χ1v) is 11.2. The lowest BCUT2D eigenvalue weighted by atomic mass is 9.87. The lowest BCUT2D eigenvalue weighted by molar-refractivity contribution is -0.121. The van der Waals surface area contributed by atoms with Gasteiger partial charge in [0.1, 0.15) is 5.75 Å². The molecule has 1 atom stereocenters. The number of ether oxygens (including phenoxy) is 1. The van der Waals surface area contributed by atoms with Crippen molar-refractivity contribution in [3.8, 4) is 11.8 Å². The van der Waals surface area contributed by atoms with Crippen LogP contribution in [0.3, 0.4) is 0 Å². The van der Waals surface area contributed by atoms with Crippen LogP contribution in [-0.4, -0.2) is 24.2 Å². The molecular weight excluding hydrogens is 457 g/mol. The number of hydrogen-bond donors (Lipinski definition) is 2. The molecule has 0 saturated carbocycles. The summed E-state index contributed by atoms with van der Waals surface area (Å²) in [5, 5.41) is 16.3. The molecule has 1 aliphatic heterocycles. The molecule has 1 heterocycles. The molecule has 0 saturated heterocycles. The summed E-state index contributed by atoms with van der Waals surface area (Å²) >= 11 is 13.0. The number of carbonyl (C=O) groups is 2. The molecule has 0 unspecified atom stereocenters.